The lowest BCUT2D eigenvalue weighted by Crippen LogP contribution is -2.54. The number of carbonyl (C=O) groups is 1. The van der Waals surface area contributed by atoms with Crippen LogP contribution < -0.4 is 11.1 Å². The summed E-state index contributed by atoms with van der Waals surface area (Å²) in [6, 6.07) is 0.352. The van der Waals surface area contributed by atoms with Gasteiger partial charge < -0.3 is 11.1 Å². The number of rotatable bonds is 5. The molecule has 0 heterocycles. The zero-order valence-electron chi connectivity index (χ0n) is 11.6. The predicted molar refractivity (Wildman–Crippen MR) is 71.7 cm³/mol. The fourth-order valence-electron chi connectivity index (χ4n) is 2.51. The molecule has 0 radical (unpaired) electrons. The van der Waals surface area contributed by atoms with Gasteiger partial charge >= 0.3 is 0 Å². The van der Waals surface area contributed by atoms with Crippen LogP contribution in [0.5, 0.6) is 0 Å². The summed E-state index contributed by atoms with van der Waals surface area (Å²) in [6.07, 6.45) is 8.05. The molecule has 0 spiro atoms. The molecule has 1 amide bonds. The molecular formula is C14H28N2O. The molecular weight excluding hydrogens is 212 g/mol. The third-order valence-corrected chi connectivity index (χ3v) is 4.13. The maximum absolute atomic E-state index is 11.9. The molecule has 0 aromatic heterocycles. The molecule has 0 aliphatic heterocycles. The van der Waals surface area contributed by atoms with Gasteiger partial charge in [-0.15, -0.1) is 0 Å². The van der Waals surface area contributed by atoms with Gasteiger partial charge in [0.15, 0.2) is 0 Å². The Labute approximate surface area is 106 Å². The van der Waals surface area contributed by atoms with Crippen molar-refractivity contribution in [3.8, 4) is 0 Å². The van der Waals surface area contributed by atoms with Crippen molar-refractivity contribution in [3.63, 3.8) is 0 Å². The van der Waals surface area contributed by atoms with Gasteiger partial charge in [-0.05, 0) is 44.9 Å². The summed E-state index contributed by atoms with van der Waals surface area (Å²) in [4.78, 5) is 11.9. The number of nitrogens with two attached hydrogens (primary N) is 1. The van der Waals surface area contributed by atoms with Crippen LogP contribution >= 0.6 is 0 Å². The van der Waals surface area contributed by atoms with Crippen LogP contribution in [0.15, 0.2) is 0 Å². The Hall–Kier alpha value is -0.570. The van der Waals surface area contributed by atoms with Gasteiger partial charge in [-0.2, -0.15) is 0 Å². The zero-order chi connectivity index (χ0) is 12.9. The maximum atomic E-state index is 11.9. The Balaban J connectivity index is 2.33. The molecule has 17 heavy (non-hydrogen) atoms. The standard InChI is InChI=1S/C14H28N2O/c1-4-6-11-7-9-12(10-8-11)16-13(17)14(3,15)5-2/h11-12H,4-10,15H2,1-3H3,(H,16,17). The molecule has 0 aromatic rings. The number of carbonyl (C=O) groups excluding carboxylic acids is 1. The van der Waals surface area contributed by atoms with E-state index in [1.807, 2.05) is 13.8 Å². The summed E-state index contributed by atoms with van der Waals surface area (Å²) >= 11 is 0. The minimum Gasteiger partial charge on any atom is -0.352 e. The van der Waals surface area contributed by atoms with Crippen molar-refractivity contribution in [2.75, 3.05) is 0 Å². The largest absolute Gasteiger partial charge is 0.352 e. The SMILES string of the molecule is CCCC1CCC(NC(=O)C(C)(N)CC)CC1. The molecule has 1 fully saturated rings. The lowest BCUT2D eigenvalue weighted by molar-refractivity contribution is -0.126. The third kappa shape index (κ3) is 4.30. The fourth-order valence-corrected chi connectivity index (χ4v) is 2.51. The number of nitrogens with one attached hydrogen (secondary N) is 1. The van der Waals surface area contributed by atoms with E-state index in [9.17, 15) is 4.79 Å². The van der Waals surface area contributed by atoms with Crippen LogP contribution in [0, 0.1) is 5.92 Å². The molecule has 1 rings (SSSR count). The summed E-state index contributed by atoms with van der Waals surface area (Å²) in [5.74, 6) is 0.891. The second kappa shape index (κ2) is 6.39. The molecule has 0 bridgehead atoms. The first-order valence-corrected chi connectivity index (χ1v) is 7.09. The predicted octanol–water partition coefficient (Wildman–Crippen LogP) is 2.59. The number of hydrogen-bond acceptors (Lipinski definition) is 2. The van der Waals surface area contributed by atoms with Crippen LogP contribution in [0.2, 0.25) is 0 Å². The first kappa shape index (κ1) is 14.5. The van der Waals surface area contributed by atoms with Crippen LogP contribution in [-0.2, 0) is 4.79 Å². The van der Waals surface area contributed by atoms with E-state index >= 15 is 0 Å². The summed E-state index contributed by atoms with van der Waals surface area (Å²) < 4.78 is 0. The van der Waals surface area contributed by atoms with Crippen LogP contribution in [-0.4, -0.2) is 17.5 Å². The highest BCUT2D eigenvalue weighted by Crippen LogP contribution is 2.27. The molecule has 1 aliphatic carbocycles. The third-order valence-electron chi connectivity index (χ3n) is 4.13. The smallest absolute Gasteiger partial charge is 0.239 e. The maximum Gasteiger partial charge on any atom is 0.239 e. The molecule has 1 atom stereocenters. The fraction of sp³-hybridized carbons (Fsp3) is 0.929. The average molecular weight is 240 g/mol. The van der Waals surface area contributed by atoms with Gasteiger partial charge in [-0.25, -0.2) is 0 Å². The highest BCUT2D eigenvalue weighted by molar-refractivity contribution is 5.85. The molecule has 0 aromatic carbocycles. The highest BCUT2D eigenvalue weighted by Gasteiger charge is 2.29. The zero-order valence-corrected chi connectivity index (χ0v) is 11.6. The molecule has 1 saturated carbocycles. The summed E-state index contributed by atoms with van der Waals surface area (Å²) in [6.45, 7) is 6.01. The highest BCUT2D eigenvalue weighted by atomic mass is 16.2. The van der Waals surface area contributed by atoms with Crippen molar-refractivity contribution in [2.45, 2.75) is 77.3 Å². The van der Waals surface area contributed by atoms with Crippen molar-refractivity contribution < 1.29 is 4.79 Å². The van der Waals surface area contributed by atoms with Crippen LogP contribution in [0.1, 0.15) is 65.7 Å². The molecule has 3 N–H and O–H groups in total. The second-order valence-electron chi connectivity index (χ2n) is 5.75. The lowest BCUT2D eigenvalue weighted by atomic mass is 9.83. The van der Waals surface area contributed by atoms with Gasteiger partial charge in [0.2, 0.25) is 5.91 Å². The van der Waals surface area contributed by atoms with E-state index in [1.54, 1.807) is 0 Å². The molecule has 100 valence electrons. The second-order valence-corrected chi connectivity index (χ2v) is 5.75. The first-order valence-electron chi connectivity index (χ1n) is 7.09. The molecule has 0 saturated heterocycles. The van der Waals surface area contributed by atoms with E-state index in [1.165, 1.54) is 25.7 Å². The van der Waals surface area contributed by atoms with E-state index < -0.39 is 5.54 Å². The van der Waals surface area contributed by atoms with Crippen molar-refractivity contribution in [1.29, 1.82) is 0 Å². The normalized spacial score (nSPS) is 28.5. The topological polar surface area (TPSA) is 55.1 Å². The lowest BCUT2D eigenvalue weighted by Gasteiger charge is -2.31. The van der Waals surface area contributed by atoms with Gasteiger partial charge in [0.25, 0.3) is 0 Å². The van der Waals surface area contributed by atoms with Crippen molar-refractivity contribution in [2.24, 2.45) is 11.7 Å². The monoisotopic (exact) mass is 240 g/mol. The van der Waals surface area contributed by atoms with Crippen molar-refractivity contribution >= 4 is 5.91 Å². The molecule has 3 nitrogen and oxygen atoms in total. The summed E-state index contributed by atoms with van der Waals surface area (Å²) in [5, 5.41) is 3.11. The van der Waals surface area contributed by atoms with E-state index in [0.29, 0.717) is 12.5 Å². The van der Waals surface area contributed by atoms with Gasteiger partial charge in [0.05, 0.1) is 5.54 Å². The van der Waals surface area contributed by atoms with Crippen LogP contribution in [0.3, 0.4) is 0 Å². The van der Waals surface area contributed by atoms with Crippen LogP contribution in [0.25, 0.3) is 0 Å². The van der Waals surface area contributed by atoms with Gasteiger partial charge in [-0.3, -0.25) is 4.79 Å². The van der Waals surface area contributed by atoms with E-state index in [0.717, 1.165) is 18.8 Å². The van der Waals surface area contributed by atoms with E-state index in [-0.39, 0.29) is 5.91 Å². The summed E-state index contributed by atoms with van der Waals surface area (Å²) in [5.41, 5.74) is 5.23. The van der Waals surface area contributed by atoms with E-state index in [4.69, 9.17) is 5.73 Å². The quantitative estimate of drug-likeness (QED) is 0.776. The Morgan fingerprint density at radius 2 is 1.88 bits per heavy atom. The number of hydrogen-bond donors (Lipinski definition) is 2. The Kier molecular flexibility index (Phi) is 5.44. The van der Waals surface area contributed by atoms with E-state index in [2.05, 4.69) is 12.2 Å². The Morgan fingerprint density at radius 1 is 1.29 bits per heavy atom. The van der Waals surface area contributed by atoms with Gasteiger partial charge in [-0.1, -0.05) is 26.7 Å². The Morgan fingerprint density at radius 3 is 2.35 bits per heavy atom. The molecule has 1 unspecified atom stereocenters. The van der Waals surface area contributed by atoms with Crippen LogP contribution in [0.4, 0.5) is 0 Å². The van der Waals surface area contributed by atoms with Crippen molar-refractivity contribution in [3.05, 3.63) is 0 Å². The minimum atomic E-state index is -0.708. The molecule has 3 heteroatoms. The Bertz CT molecular complexity index is 243. The van der Waals surface area contributed by atoms with Gasteiger partial charge in [0, 0.05) is 6.04 Å². The van der Waals surface area contributed by atoms with Crippen molar-refractivity contribution in [1.82, 2.24) is 5.32 Å². The first-order chi connectivity index (χ1) is 7.99. The van der Waals surface area contributed by atoms with Gasteiger partial charge in [0.1, 0.15) is 0 Å². The number of amides is 1. The minimum absolute atomic E-state index is 0.0129. The summed E-state index contributed by atoms with van der Waals surface area (Å²) in [7, 11) is 0. The molecule has 1 aliphatic rings. The average Bonchev–Trinajstić information content (AvgIpc) is 2.32.